The highest BCUT2D eigenvalue weighted by Gasteiger charge is 2.41. The summed E-state index contributed by atoms with van der Waals surface area (Å²) in [5.74, 6) is 0.0502. The van der Waals surface area contributed by atoms with Gasteiger partial charge in [0, 0.05) is 28.6 Å². The summed E-state index contributed by atoms with van der Waals surface area (Å²) in [7, 11) is 0. The number of aryl methyl sites for hydroxylation is 1. The maximum absolute atomic E-state index is 11.6. The minimum absolute atomic E-state index is 0.0120. The van der Waals surface area contributed by atoms with Gasteiger partial charge >= 0.3 is 0 Å². The number of thiophene rings is 1. The minimum atomic E-state index is -0.0120. The molecule has 3 nitrogen and oxygen atoms in total. The first-order valence-corrected chi connectivity index (χ1v) is 7.00. The van der Waals surface area contributed by atoms with Crippen LogP contribution in [0.15, 0.2) is 11.4 Å². The van der Waals surface area contributed by atoms with E-state index in [1.54, 1.807) is 11.3 Å². The van der Waals surface area contributed by atoms with Gasteiger partial charge in [0.2, 0.25) is 5.91 Å². The molecule has 1 amide bonds. The van der Waals surface area contributed by atoms with Crippen molar-refractivity contribution in [2.45, 2.75) is 25.7 Å². The molecule has 0 unspecified atom stereocenters. The summed E-state index contributed by atoms with van der Waals surface area (Å²) in [5, 5.41) is 14.6. The zero-order chi connectivity index (χ0) is 12.3. The molecule has 1 fully saturated rings. The molecule has 1 aliphatic rings. The van der Waals surface area contributed by atoms with E-state index in [-0.39, 0.29) is 17.9 Å². The number of hydrogen-bond acceptors (Lipinski definition) is 3. The van der Waals surface area contributed by atoms with Gasteiger partial charge in [0.25, 0.3) is 0 Å². The van der Waals surface area contributed by atoms with E-state index in [4.69, 9.17) is 16.7 Å². The van der Waals surface area contributed by atoms with Crippen molar-refractivity contribution in [1.29, 1.82) is 0 Å². The number of amides is 1. The van der Waals surface area contributed by atoms with Gasteiger partial charge in [-0.15, -0.1) is 11.3 Å². The molecular weight excluding hydrogens is 258 g/mol. The Hall–Kier alpha value is -0.580. The highest BCUT2D eigenvalue weighted by atomic mass is 35.5. The van der Waals surface area contributed by atoms with Crippen LogP contribution < -0.4 is 5.32 Å². The van der Waals surface area contributed by atoms with Gasteiger partial charge in [-0.05, 0) is 25.3 Å². The third-order valence-electron chi connectivity index (χ3n) is 3.17. The van der Waals surface area contributed by atoms with Gasteiger partial charge in [-0.1, -0.05) is 11.6 Å². The average Bonchev–Trinajstić information content (AvgIpc) is 3.00. The average molecular weight is 274 g/mol. The Morgan fingerprint density at radius 3 is 2.88 bits per heavy atom. The van der Waals surface area contributed by atoms with E-state index in [9.17, 15) is 4.79 Å². The summed E-state index contributed by atoms with van der Waals surface area (Å²) >= 11 is 7.39. The lowest BCUT2D eigenvalue weighted by Gasteiger charge is -2.12. The molecule has 0 spiro atoms. The molecule has 0 aromatic carbocycles. The number of rotatable bonds is 6. The summed E-state index contributed by atoms with van der Waals surface area (Å²) in [5.41, 5.74) is -0.0120. The molecule has 1 heterocycles. The Labute approximate surface area is 110 Å². The number of nitrogens with one attached hydrogen (secondary N) is 1. The summed E-state index contributed by atoms with van der Waals surface area (Å²) in [6.45, 7) is 0.779. The minimum Gasteiger partial charge on any atom is -0.396 e. The predicted molar refractivity (Wildman–Crippen MR) is 69.4 cm³/mol. The predicted octanol–water partition coefficient (Wildman–Crippen LogP) is 2.22. The normalized spacial score (nSPS) is 16.8. The van der Waals surface area contributed by atoms with Gasteiger partial charge in [0.1, 0.15) is 0 Å². The van der Waals surface area contributed by atoms with Crippen LogP contribution in [0.25, 0.3) is 0 Å². The lowest BCUT2D eigenvalue weighted by molar-refractivity contribution is -0.121. The molecule has 1 aliphatic carbocycles. The van der Waals surface area contributed by atoms with E-state index in [1.807, 2.05) is 11.4 Å². The third kappa shape index (κ3) is 3.69. The summed E-state index contributed by atoms with van der Waals surface area (Å²) in [6.07, 6.45) is 3.25. The molecule has 0 radical (unpaired) electrons. The lowest BCUT2D eigenvalue weighted by Crippen LogP contribution is -2.31. The van der Waals surface area contributed by atoms with E-state index >= 15 is 0 Å². The second kappa shape index (κ2) is 5.38. The second-order valence-electron chi connectivity index (χ2n) is 4.67. The molecule has 17 heavy (non-hydrogen) atoms. The van der Waals surface area contributed by atoms with Crippen LogP contribution in [-0.2, 0) is 11.2 Å². The molecular formula is C12H16ClNO2S. The van der Waals surface area contributed by atoms with Gasteiger partial charge in [-0.2, -0.15) is 0 Å². The van der Waals surface area contributed by atoms with Crippen molar-refractivity contribution < 1.29 is 9.90 Å². The number of carbonyl (C=O) groups is 1. The van der Waals surface area contributed by atoms with Crippen LogP contribution in [0.1, 0.15) is 24.1 Å². The molecule has 0 saturated heterocycles. The van der Waals surface area contributed by atoms with Crippen molar-refractivity contribution in [1.82, 2.24) is 5.32 Å². The lowest BCUT2D eigenvalue weighted by atomic mass is 10.1. The van der Waals surface area contributed by atoms with Crippen LogP contribution in [0.5, 0.6) is 0 Å². The number of aliphatic hydroxyl groups is 1. The van der Waals surface area contributed by atoms with E-state index in [0.29, 0.717) is 13.0 Å². The monoisotopic (exact) mass is 273 g/mol. The van der Waals surface area contributed by atoms with E-state index in [2.05, 4.69) is 5.32 Å². The smallest absolute Gasteiger partial charge is 0.220 e. The Balaban J connectivity index is 1.67. The Morgan fingerprint density at radius 1 is 1.59 bits per heavy atom. The molecule has 0 atom stereocenters. The molecule has 1 saturated carbocycles. The first-order chi connectivity index (χ1) is 8.13. The molecule has 1 aromatic rings. The topological polar surface area (TPSA) is 49.3 Å². The van der Waals surface area contributed by atoms with Crippen molar-refractivity contribution >= 4 is 28.8 Å². The van der Waals surface area contributed by atoms with Crippen LogP contribution in [0.2, 0.25) is 5.02 Å². The van der Waals surface area contributed by atoms with Crippen LogP contribution in [0.3, 0.4) is 0 Å². The van der Waals surface area contributed by atoms with Gasteiger partial charge in [-0.3, -0.25) is 4.79 Å². The quantitative estimate of drug-likeness (QED) is 0.835. The summed E-state index contributed by atoms with van der Waals surface area (Å²) in [6, 6.07) is 1.90. The van der Waals surface area contributed by atoms with Gasteiger partial charge in [-0.25, -0.2) is 0 Å². The first-order valence-electron chi connectivity index (χ1n) is 5.74. The standard InChI is InChI=1S/C12H16ClNO2S/c13-9-5-10(17-6-9)1-2-11(16)14-7-12(8-15)3-4-12/h5-6,15H,1-4,7-8H2,(H,14,16). The number of hydrogen-bond donors (Lipinski definition) is 2. The fraction of sp³-hybridized carbons (Fsp3) is 0.583. The van der Waals surface area contributed by atoms with Crippen molar-refractivity contribution in [2.24, 2.45) is 5.41 Å². The maximum atomic E-state index is 11.6. The fourth-order valence-electron chi connectivity index (χ4n) is 1.66. The van der Waals surface area contributed by atoms with Crippen LogP contribution >= 0.6 is 22.9 Å². The second-order valence-corrected chi connectivity index (χ2v) is 6.10. The van der Waals surface area contributed by atoms with Crippen molar-refractivity contribution in [3.8, 4) is 0 Å². The molecule has 2 rings (SSSR count). The summed E-state index contributed by atoms with van der Waals surface area (Å²) < 4.78 is 0. The highest BCUT2D eigenvalue weighted by Crippen LogP contribution is 2.44. The third-order valence-corrected chi connectivity index (χ3v) is 4.52. The zero-order valence-corrected chi connectivity index (χ0v) is 11.1. The largest absolute Gasteiger partial charge is 0.396 e. The molecule has 94 valence electrons. The van der Waals surface area contributed by atoms with E-state index in [0.717, 1.165) is 29.2 Å². The van der Waals surface area contributed by atoms with Crippen LogP contribution in [0.4, 0.5) is 0 Å². The first kappa shape index (κ1) is 12.9. The van der Waals surface area contributed by atoms with Crippen molar-refractivity contribution in [3.05, 3.63) is 21.3 Å². The zero-order valence-electron chi connectivity index (χ0n) is 9.54. The van der Waals surface area contributed by atoms with Crippen LogP contribution in [-0.4, -0.2) is 24.2 Å². The van der Waals surface area contributed by atoms with E-state index < -0.39 is 0 Å². The number of halogens is 1. The van der Waals surface area contributed by atoms with Gasteiger partial charge < -0.3 is 10.4 Å². The molecule has 2 N–H and O–H groups in total. The fourth-order valence-corrected chi connectivity index (χ4v) is 2.74. The van der Waals surface area contributed by atoms with Crippen molar-refractivity contribution in [2.75, 3.05) is 13.2 Å². The maximum Gasteiger partial charge on any atom is 0.220 e. The number of carbonyl (C=O) groups excluding carboxylic acids is 1. The Kier molecular flexibility index (Phi) is 4.07. The van der Waals surface area contributed by atoms with Crippen LogP contribution in [0, 0.1) is 5.41 Å². The summed E-state index contributed by atoms with van der Waals surface area (Å²) in [4.78, 5) is 12.7. The molecule has 5 heteroatoms. The Morgan fingerprint density at radius 2 is 2.35 bits per heavy atom. The molecule has 1 aromatic heterocycles. The van der Waals surface area contributed by atoms with Gasteiger partial charge in [0.05, 0.1) is 11.6 Å². The van der Waals surface area contributed by atoms with Gasteiger partial charge in [0.15, 0.2) is 0 Å². The number of aliphatic hydroxyl groups excluding tert-OH is 1. The SMILES string of the molecule is O=C(CCc1cc(Cl)cs1)NCC1(CO)CC1. The van der Waals surface area contributed by atoms with Crippen molar-refractivity contribution in [3.63, 3.8) is 0 Å². The molecule has 0 aliphatic heterocycles. The Bertz CT molecular complexity index is 401. The molecule has 0 bridgehead atoms. The highest BCUT2D eigenvalue weighted by molar-refractivity contribution is 7.10. The van der Waals surface area contributed by atoms with E-state index in [1.165, 1.54) is 0 Å².